The molecule has 5 heteroatoms. The molecule has 3 heterocycles. The summed E-state index contributed by atoms with van der Waals surface area (Å²) in [6, 6.07) is 9.82. The number of aromatic amines is 2. The Hall–Kier alpha value is -2.66. The number of aryl methyl sites for hydroxylation is 2. The molecule has 2 aliphatic heterocycles. The lowest BCUT2D eigenvalue weighted by atomic mass is 9.91. The third-order valence-electron chi connectivity index (χ3n) is 6.39. The van der Waals surface area contributed by atoms with E-state index in [1.54, 1.807) is 13.0 Å². The van der Waals surface area contributed by atoms with Gasteiger partial charge in [-0.3, -0.25) is 0 Å². The molecule has 150 valence electrons. The highest BCUT2D eigenvalue weighted by atomic mass is 19.1. The Kier molecular flexibility index (Phi) is 4.84. The molecule has 0 radical (unpaired) electrons. The SMILES string of the molecule is Cc1c(F)ccc2[nH]c(-c3c[nH]c4c(CCCC5CCNCC5)ccc-4c3)nc12. The molecule has 1 aliphatic carbocycles. The molecule has 1 aromatic heterocycles. The van der Waals surface area contributed by atoms with Gasteiger partial charge in [0.05, 0.1) is 11.0 Å². The Morgan fingerprint density at radius 3 is 2.83 bits per heavy atom. The van der Waals surface area contributed by atoms with Crippen LogP contribution in [0.3, 0.4) is 0 Å². The van der Waals surface area contributed by atoms with Gasteiger partial charge >= 0.3 is 0 Å². The lowest BCUT2D eigenvalue weighted by Gasteiger charge is -2.22. The Morgan fingerprint density at radius 1 is 1.10 bits per heavy atom. The predicted molar refractivity (Wildman–Crippen MR) is 116 cm³/mol. The molecule has 5 rings (SSSR count). The zero-order valence-electron chi connectivity index (χ0n) is 16.8. The molecule has 3 N–H and O–H groups in total. The molecule has 2 aromatic rings. The van der Waals surface area contributed by atoms with Crippen LogP contribution in [0.4, 0.5) is 4.39 Å². The molecule has 0 amide bonds. The largest absolute Gasteiger partial charge is 0.360 e. The normalized spacial score (nSPS) is 15.5. The van der Waals surface area contributed by atoms with Crippen LogP contribution in [0.5, 0.6) is 0 Å². The molecule has 3 aliphatic rings. The van der Waals surface area contributed by atoms with Crippen LogP contribution >= 0.6 is 0 Å². The average Bonchev–Trinajstić information content (AvgIpc) is 3.36. The second-order valence-corrected chi connectivity index (χ2v) is 8.32. The number of H-pyrrole nitrogens is 2. The van der Waals surface area contributed by atoms with Crippen LogP contribution in [-0.4, -0.2) is 28.0 Å². The summed E-state index contributed by atoms with van der Waals surface area (Å²) in [4.78, 5) is 11.4. The molecule has 0 spiro atoms. The highest BCUT2D eigenvalue weighted by molar-refractivity contribution is 5.83. The van der Waals surface area contributed by atoms with Crippen molar-refractivity contribution in [1.82, 2.24) is 20.3 Å². The topological polar surface area (TPSA) is 56.5 Å². The Labute approximate surface area is 170 Å². The Balaban J connectivity index is 1.35. The van der Waals surface area contributed by atoms with Crippen molar-refractivity contribution in [2.24, 2.45) is 5.92 Å². The average molecular weight is 391 g/mol. The van der Waals surface area contributed by atoms with Gasteiger partial charge in [0.2, 0.25) is 0 Å². The van der Waals surface area contributed by atoms with Gasteiger partial charge in [0.15, 0.2) is 0 Å². The van der Waals surface area contributed by atoms with Crippen molar-refractivity contribution in [2.45, 2.75) is 39.0 Å². The Bertz CT molecular complexity index is 1100. The molecule has 0 saturated carbocycles. The number of imidazole rings is 1. The molecule has 1 saturated heterocycles. The maximum absolute atomic E-state index is 13.8. The van der Waals surface area contributed by atoms with Crippen molar-refractivity contribution < 1.29 is 4.39 Å². The lowest BCUT2D eigenvalue weighted by Crippen LogP contribution is -2.27. The second kappa shape index (κ2) is 7.64. The third kappa shape index (κ3) is 3.55. The quantitative estimate of drug-likeness (QED) is 0.425. The van der Waals surface area contributed by atoms with Gasteiger partial charge in [-0.25, -0.2) is 9.37 Å². The Morgan fingerprint density at radius 2 is 1.97 bits per heavy atom. The van der Waals surface area contributed by atoms with E-state index in [0.29, 0.717) is 11.1 Å². The molecule has 1 aromatic carbocycles. The number of benzene rings is 1. The van der Waals surface area contributed by atoms with Gasteiger partial charge in [-0.05, 0) is 80.9 Å². The molecule has 4 nitrogen and oxygen atoms in total. The van der Waals surface area contributed by atoms with Gasteiger partial charge < -0.3 is 15.3 Å². The van der Waals surface area contributed by atoms with Crippen LogP contribution in [0, 0.1) is 18.7 Å². The first kappa shape index (κ1) is 18.4. The first-order valence-corrected chi connectivity index (χ1v) is 10.6. The monoisotopic (exact) mass is 390 g/mol. The van der Waals surface area contributed by atoms with Crippen molar-refractivity contribution in [2.75, 3.05) is 13.1 Å². The highest BCUT2D eigenvalue weighted by Crippen LogP contribution is 2.32. The van der Waals surface area contributed by atoms with E-state index in [2.05, 4.69) is 38.5 Å². The molecule has 0 atom stereocenters. The number of aromatic nitrogens is 3. The minimum atomic E-state index is -0.220. The van der Waals surface area contributed by atoms with Crippen LogP contribution in [0.25, 0.3) is 33.7 Å². The van der Waals surface area contributed by atoms with E-state index in [0.717, 1.165) is 29.2 Å². The minimum Gasteiger partial charge on any atom is -0.360 e. The smallest absolute Gasteiger partial charge is 0.139 e. The number of piperidine rings is 1. The van der Waals surface area contributed by atoms with E-state index in [4.69, 9.17) is 0 Å². The fourth-order valence-electron chi connectivity index (χ4n) is 4.62. The van der Waals surface area contributed by atoms with Gasteiger partial charge in [0.25, 0.3) is 0 Å². The summed E-state index contributed by atoms with van der Waals surface area (Å²) in [5.41, 5.74) is 6.93. The molecular formula is C24H27FN4. The maximum atomic E-state index is 13.8. The van der Waals surface area contributed by atoms with E-state index >= 15 is 0 Å². The number of pyridine rings is 1. The van der Waals surface area contributed by atoms with Gasteiger partial charge in [-0.2, -0.15) is 0 Å². The van der Waals surface area contributed by atoms with E-state index in [-0.39, 0.29) is 5.82 Å². The van der Waals surface area contributed by atoms with Gasteiger partial charge in [0, 0.05) is 23.0 Å². The summed E-state index contributed by atoms with van der Waals surface area (Å²) in [6.45, 7) is 4.12. The van der Waals surface area contributed by atoms with Crippen LogP contribution in [0.1, 0.15) is 36.8 Å². The van der Waals surface area contributed by atoms with Crippen LogP contribution in [0.15, 0.2) is 36.5 Å². The fourth-order valence-corrected chi connectivity index (χ4v) is 4.62. The number of rotatable bonds is 5. The number of hydrogen-bond acceptors (Lipinski definition) is 2. The maximum Gasteiger partial charge on any atom is 0.139 e. The number of nitrogens with one attached hydrogen (secondary N) is 3. The molecule has 0 unspecified atom stereocenters. The second-order valence-electron chi connectivity index (χ2n) is 8.32. The van der Waals surface area contributed by atoms with E-state index in [9.17, 15) is 4.39 Å². The standard InChI is InChI=1S/C24H27FN4/c1-15-20(25)7-8-21-22(15)29-24(28-21)19-13-18-6-5-17(23(18)27-14-19)4-2-3-16-9-11-26-12-10-16/h5-8,13-14,16,26-27H,2-4,9-12H2,1H3,(H,28,29). The van der Waals surface area contributed by atoms with Crippen molar-refractivity contribution >= 4 is 11.0 Å². The number of nitrogens with zero attached hydrogens (tertiary/aromatic N) is 1. The molecule has 1 fully saturated rings. The first-order valence-electron chi connectivity index (χ1n) is 10.6. The minimum absolute atomic E-state index is 0.220. The summed E-state index contributed by atoms with van der Waals surface area (Å²) >= 11 is 0. The van der Waals surface area contributed by atoms with Gasteiger partial charge in [-0.15, -0.1) is 0 Å². The van der Waals surface area contributed by atoms with Crippen molar-refractivity contribution in [3.63, 3.8) is 0 Å². The van der Waals surface area contributed by atoms with E-state index in [1.807, 2.05) is 6.20 Å². The van der Waals surface area contributed by atoms with Gasteiger partial charge in [0.1, 0.15) is 11.6 Å². The van der Waals surface area contributed by atoms with Crippen molar-refractivity contribution in [3.05, 3.63) is 53.5 Å². The molecular weight excluding hydrogens is 363 g/mol. The zero-order valence-corrected chi connectivity index (χ0v) is 16.8. The first-order chi connectivity index (χ1) is 14.2. The van der Waals surface area contributed by atoms with Crippen LogP contribution in [-0.2, 0) is 6.42 Å². The van der Waals surface area contributed by atoms with Crippen LogP contribution < -0.4 is 5.32 Å². The number of hydrogen-bond donors (Lipinski definition) is 3. The molecule has 29 heavy (non-hydrogen) atoms. The van der Waals surface area contributed by atoms with Crippen molar-refractivity contribution in [1.29, 1.82) is 0 Å². The van der Waals surface area contributed by atoms with E-state index in [1.165, 1.54) is 61.7 Å². The fraction of sp³-hybridized carbons (Fsp3) is 0.375. The van der Waals surface area contributed by atoms with E-state index < -0.39 is 0 Å². The summed E-state index contributed by atoms with van der Waals surface area (Å²) in [6.07, 6.45) is 8.32. The predicted octanol–water partition coefficient (Wildman–Crippen LogP) is 5.43. The highest BCUT2D eigenvalue weighted by Gasteiger charge is 2.16. The lowest BCUT2D eigenvalue weighted by molar-refractivity contribution is 0.347. The summed E-state index contributed by atoms with van der Waals surface area (Å²) < 4.78 is 13.8. The summed E-state index contributed by atoms with van der Waals surface area (Å²) in [5, 5.41) is 3.44. The summed E-state index contributed by atoms with van der Waals surface area (Å²) in [7, 11) is 0. The third-order valence-corrected chi connectivity index (χ3v) is 6.39. The summed E-state index contributed by atoms with van der Waals surface area (Å²) in [5.74, 6) is 1.43. The number of halogens is 1. The molecule has 0 bridgehead atoms. The van der Waals surface area contributed by atoms with Crippen LogP contribution in [0.2, 0.25) is 0 Å². The van der Waals surface area contributed by atoms with Gasteiger partial charge in [-0.1, -0.05) is 18.6 Å². The zero-order chi connectivity index (χ0) is 19.8. The number of fused-ring (bicyclic) bond motifs is 2. The van der Waals surface area contributed by atoms with Crippen molar-refractivity contribution in [3.8, 4) is 22.6 Å².